The van der Waals surface area contributed by atoms with Gasteiger partial charge >= 0.3 is 11.9 Å². The Morgan fingerprint density at radius 2 is 1.60 bits per heavy atom. The van der Waals surface area contributed by atoms with Crippen molar-refractivity contribution in [3.63, 3.8) is 0 Å². The van der Waals surface area contributed by atoms with E-state index >= 15 is 0 Å². The zero-order valence-corrected chi connectivity index (χ0v) is 8.80. The van der Waals surface area contributed by atoms with E-state index in [4.69, 9.17) is 14.2 Å². The zero-order valence-electron chi connectivity index (χ0n) is 8.80. The predicted molar refractivity (Wildman–Crippen MR) is 47.7 cm³/mol. The molecular formula is C9H14O6. The number of hydrogen-bond donors (Lipinski definition) is 1. The van der Waals surface area contributed by atoms with Crippen LogP contribution in [0, 0.1) is 0 Å². The van der Waals surface area contributed by atoms with Crippen LogP contribution in [0.5, 0.6) is 0 Å². The van der Waals surface area contributed by atoms with Gasteiger partial charge in [0.15, 0.2) is 18.5 Å². The Morgan fingerprint density at radius 3 is 2.07 bits per heavy atom. The van der Waals surface area contributed by atoms with E-state index in [0.29, 0.717) is 0 Å². The summed E-state index contributed by atoms with van der Waals surface area (Å²) in [6.07, 6.45) is -3.48. The maximum Gasteiger partial charge on any atom is 0.303 e. The number of carbonyl (C=O) groups excluding carboxylic acids is 2. The number of hydrogen-bond acceptors (Lipinski definition) is 6. The molecule has 0 saturated carbocycles. The van der Waals surface area contributed by atoms with E-state index in [9.17, 15) is 14.7 Å². The zero-order chi connectivity index (χ0) is 11.6. The van der Waals surface area contributed by atoms with Crippen molar-refractivity contribution in [2.45, 2.75) is 45.4 Å². The van der Waals surface area contributed by atoms with Gasteiger partial charge in [0.25, 0.3) is 0 Å². The molecule has 0 aliphatic carbocycles. The Bertz CT molecular complexity index is 237. The number of aliphatic hydroxyl groups is 1. The van der Waals surface area contributed by atoms with E-state index in [0.717, 1.165) is 0 Å². The molecule has 0 bridgehead atoms. The summed E-state index contributed by atoms with van der Waals surface area (Å²) >= 11 is 0. The van der Waals surface area contributed by atoms with E-state index in [1.54, 1.807) is 6.92 Å². The normalized spacial score (nSPS) is 34.9. The van der Waals surface area contributed by atoms with Gasteiger partial charge in [0.05, 0.1) is 6.10 Å². The maximum atomic E-state index is 10.8. The fraction of sp³-hybridized carbons (Fsp3) is 0.778. The van der Waals surface area contributed by atoms with Crippen molar-refractivity contribution in [3.05, 3.63) is 0 Å². The Labute approximate surface area is 87.1 Å². The Hall–Kier alpha value is -1.14. The van der Waals surface area contributed by atoms with Gasteiger partial charge in [-0.15, -0.1) is 0 Å². The predicted octanol–water partition coefficient (Wildman–Crippen LogP) is -0.413. The smallest absolute Gasteiger partial charge is 0.303 e. The summed E-state index contributed by atoms with van der Waals surface area (Å²) in [5.41, 5.74) is 0. The van der Waals surface area contributed by atoms with Crippen LogP contribution in [0.25, 0.3) is 0 Å². The molecule has 1 aliphatic heterocycles. The van der Waals surface area contributed by atoms with Crippen molar-refractivity contribution in [3.8, 4) is 0 Å². The molecule has 0 amide bonds. The van der Waals surface area contributed by atoms with Gasteiger partial charge in [0.2, 0.25) is 0 Å². The average Bonchev–Trinajstić information content (AvgIpc) is 2.30. The van der Waals surface area contributed by atoms with Crippen molar-refractivity contribution in [2.24, 2.45) is 0 Å². The molecular weight excluding hydrogens is 204 g/mol. The quantitative estimate of drug-likeness (QED) is 0.634. The molecule has 3 unspecified atom stereocenters. The fourth-order valence-corrected chi connectivity index (χ4v) is 1.48. The van der Waals surface area contributed by atoms with Crippen LogP contribution < -0.4 is 0 Å². The number of rotatable bonds is 2. The monoisotopic (exact) mass is 218 g/mol. The molecule has 6 heteroatoms. The summed E-state index contributed by atoms with van der Waals surface area (Å²) in [7, 11) is 0. The lowest BCUT2D eigenvalue weighted by Crippen LogP contribution is -2.39. The molecule has 1 aliphatic rings. The molecule has 1 fully saturated rings. The van der Waals surface area contributed by atoms with Gasteiger partial charge < -0.3 is 19.3 Å². The van der Waals surface area contributed by atoms with Crippen LogP contribution in [0.2, 0.25) is 0 Å². The summed E-state index contributed by atoms with van der Waals surface area (Å²) in [5, 5.41) is 9.40. The summed E-state index contributed by atoms with van der Waals surface area (Å²) in [6.45, 7) is 4.07. The highest BCUT2D eigenvalue weighted by Gasteiger charge is 2.46. The minimum absolute atomic E-state index is 0.506. The second-order valence-electron chi connectivity index (χ2n) is 3.38. The van der Waals surface area contributed by atoms with Crippen LogP contribution in [0.4, 0.5) is 0 Å². The summed E-state index contributed by atoms with van der Waals surface area (Å²) in [4.78, 5) is 21.5. The molecule has 15 heavy (non-hydrogen) atoms. The summed E-state index contributed by atoms with van der Waals surface area (Å²) < 4.78 is 14.7. The van der Waals surface area contributed by atoms with Crippen molar-refractivity contribution in [1.82, 2.24) is 0 Å². The van der Waals surface area contributed by atoms with Crippen LogP contribution in [-0.4, -0.2) is 41.6 Å². The van der Waals surface area contributed by atoms with E-state index in [2.05, 4.69) is 0 Å². The molecule has 0 aromatic carbocycles. The molecule has 1 heterocycles. The van der Waals surface area contributed by atoms with E-state index in [1.807, 2.05) is 0 Å². The minimum Gasteiger partial charge on any atom is -0.456 e. The Balaban J connectivity index is 2.70. The molecule has 1 saturated heterocycles. The van der Waals surface area contributed by atoms with E-state index < -0.39 is 36.5 Å². The van der Waals surface area contributed by atoms with Crippen LogP contribution >= 0.6 is 0 Å². The molecule has 0 spiro atoms. The third kappa shape index (κ3) is 2.90. The lowest BCUT2D eigenvalue weighted by molar-refractivity contribution is -0.174. The minimum atomic E-state index is -1.26. The van der Waals surface area contributed by atoms with Gasteiger partial charge in [-0.2, -0.15) is 0 Å². The highest BCUT2D eigenvalue weighted by molar-refractivity contribution is 5.67. The highest BCUT2D eigenvalue weighted by atomic mass is 16.7. The molecule has 4 atom stereocenters. The van der Waals surface area contributed by atoms with Gasteiger partial charge in [-0.05, 0) is 6.92 Å². The number of aliphatic hydroxyl groups excluding tert-OH is 1. The van der Waals surface area contributed by atoms with Gasteiger partial charge in [0.1, 0.15) is 0 Å². The molecule has 0 aromatic heterocycles. The first-order valence-corrected chi connectivity index (χ1v) is 4.59. The third-order valence-corrected chi connectivity index (χ3v) is 2.03. The van der Waals surface area contributed by atoms with E-state index in [1.165, 1.54) is 13.8 Å². The van der Waals surface area contributed by atoms with Crippen LogP contribution in [0.1, 0.15) is 20.8 Å². The standard InChI is InChI=1S/C9H14O6/c1-4-7(14-5(2)10)8(9(12)13-4)15-6(3)11/h4,7-9,12H,1-3H3/t4?,7-,8?,9?/m0/s1. The first-order valence-electron chi connectivity index (χ1n) is 4.59. The largest absolute Gasteiger partial charge is 0.456 e. The van der Waals surface area contributed by atoms with Gasteiger partial charge in [-0.1, -0.05) is 0 Å². The number of ether oxygens (including phenoxy) is 3. The second kappa shape index (κ2) is 4.59. The third-order valence-electron chi connectivity index (χ3n) is 2.03. The van der Waals surface area contributed by atoms with Crippen LogP contribution in [0.3, 0.4) is 0 Å². The van der Waals surface area contributed by atoms with Crippen molar-refractivity contribution in [1.29, 1.82) is 0 Å². The van der Waals surface area contributed by atoms with Gasteiger partial charge in [0, 0.05) is 13.8 Å². The van der Waals surface area contributed by atoms with E-state index in [-0.39, 0.29) is 0 Å². The molecule has 0 aromatic rings. The Kier molecular flexibility index (Phi) is 3.65. The number of esters is 2. The molecule has 1 rings (SSSR count). The lowest BCUT2D eigenvalue weighted by Gasteiger charge is -2.20. The first-order chi connectivity index (χ1) is 6.91. The molecule has 1 N–H and O–H groups in total. The lowest BCUT2D eigenvalue weighted by atomic mass is 10.1. The van der Waals surface area contributed by atoms with Gasteiger partial charge in [-0.3, -0.25) is 9.59 Å². The SMILES string of the molecule is CC(=O)OC1C(O)OC(C)[C@@H]1OC(C)=O. The summed E-state index contributed by atoms with van der Waals surface area (Å²) in [5.74, 6) is -1.07. The number of carbonyl (C=O) groups is 2. The summed E-state index contributed by atoms with van der Waals surface area (Å²) in [6, 6.07) is 0. The van der Waals surface area contributed by atoms with Crippen LogP contribution in [0.15, 0.2) is 0 Å². The maximum absolute atomic E-state index is 10.8. The molecule has 86 valence electrons. The van der Waals surface area contributed by atoms with Crippen molar-refractivity contribution < 1.29 is 28.9 Å². The van der Waals surface area contributed by atoms with Crippen molar-refractivity contribution in [2.75, 3.05) is 0 Å². The topological polar surface area (TPSA) is 82.1 Å². The molecule has 0 radical (unpaired) electrons. The fourth-order valence-electron chi connectivity index (χ4n) is 1.48. The second-order valence-corrected chi connectivity index (χ2v) is 3.38. The highest BCUT2D eigenvalue weighted by Crippen LogP contribution is 2.25. The molecule has 6 nitrogen and oxygen atoms in total. The first kappa shape index (κ1) is 11.9. The average molecular weight is 218 g/mol. The van der Waals surface area contributed by atoms with Crippen LogP contribution in [-0.2, 0) is 23.8 Å². The Morgan fingerprint density at radius 1 is 1.13 bits per heavy atom. The van der Waals surface area contributed by atoms with Gasteiger partial charge in [-0.25, -0.2) is 0 Å². The van der Waals surface area contributed by atoms with Crippen molar-refractivity contribution >= 4 is 11.9 Å².